The lowest BCUT2D eigenvalue weighted by atomic mass is 10.1. The summed E-state index contributed by atoms with van der Waals surface area (Å²) >= 11 is 5.16. The van der Waals surface area contributed by atoms with Crippen molar-refractivity contribution in [1.29, 1.82) is 0 Å². The van der Waals surface area contributed by atoms with Gasteiger partial charge in [-0.3, -0.25) is 0 Å². The quantitative estimate of drug-likeness (QED) is 0.498. The Hall–Kier alpha value is -1.59. The molecule has 3 aromatic rings. The van der Waals surface area contributed by atoms with Gasteiger partial charge in [-0.1, -0.05) is 30.3 Å². The Labute approximate surface area is 129 Å². The van der Waals surface area contributed by atoms with Crippen molar-refractivity contribution in [3.05, 3.63) is 53.3 Å². The van der Waals surface area contributed by atoms with Crippen LogP contribution in [0.25, 0.3) is 10.8 Å². The molecule has 0 unspecified atom stereocenters. The molecule has 0 saturated carbocycles. The highest BCUT2D eigenvalue weighted by Gasteiger charge is 2.08. The molecule has 0 amide bonds. The summed E-state index contributed by atoms with van der Waals surface area (Å²) in [6.45, 7) is 0. The lowest BCUT2D eigenvalue weighted by molar-refractivity contribution is 0.457. The van der Waals surface area contributed by atoms with E-state index in [0.717, 1.165) is 20.6 Å². The predicted octanol–water partition coefficient (Wildman–Crippen LogP) is 4.91. The van der Waals surface area contributed by atoms with Crippen molar-refractivity contribution in [2.75, 3.05) is 6.26 Å². The molecule has 2 aromatic carbocycles. The Kier molecular flexibility index (Phi) is 3.89. The average molecular weight is 347 g/mol. The molecule has 3 nitrogen and oxygen atoms in total. The fourth-order valence-electron chi connectivity index (χ4n) is 1.90. The van der Waals surface area contributed by atoms with Crippen LogP contribution in [0.4, 0.5) is 0 Å². The number of hydrogen-bond acceptors (Lipinski definition) is 4. The highest BCUT2D eigenvalue weighted by Crippen LogP contribution is 2.35. The third-order valence-electron chi connectivity index (χ3n) is 2.87. The first-order valence-corrected chi connectivity index (χ1v) is 8.01. The molecule has 0 aliphatic carbocycles. The molecule has 1 aromatic heterocycles. The molecule has 3 rings (SSSR count). The monoisotopic (exact) mass is 346 g/mol. The third kappa shape index (κ3) is 2.64. The number of halogens is 1. The number of thioether (sulfide) groups is 1. The minimum atomic E-state index is 0.542. The largest absolute Gasteiger partial charge is 0.438 e. The van der Waals surface area contributed by atoms with Crippen LogP contribution in [0, 0.1) is 0 Å². The standard InChI is InChI=1S/C15H11BrN2OS/c1-20-14-8-13(17-9-18-14)19-12-7-6-10-4-2-3-5-11(10)15(12)16/h2-9H,1H3. The average Bonchev–Trinajstić information content (AvgIpc) is 2.50. The summed E-state index contributed by atoms with van der Waals surface area (Å²) in [6, 6.07) is 13.9. The lowest BCUT2D eigenvalue weighted by Gasteiger charge is -2.09. The zero-order valence-corrected chi connectivity index (χ0v) is 13.1. The van der Waals surface area contributed by atoms with Crippen LogP contribution in [-0.4, -0.2) is 16.2 Å². The maximum Gasteiger partial charge on any atom is 0.223 e. The molecule has 0 radical (unpaired) electrons. The van der Waals surface area contributed by atoms with Gasteiger partial charge in [0, 0.05) is 6.07 Å². The van der Waals surface area contributed by atoms with Gasteiger partial charge in [0.25, 0.3) is 0 Å². The van der Waals surface area contributed by atoms with Crippen molar-refractivity contribution >= 4 is 38.5 Å². The first-order chi connectivity index (χ1) is 9.78. The molecule has 0 atom stereocenters. The van der Waals surface area contributed by atoms with E-state index in [2.05, 4.69) is 38.0 Å². The van der Waals surface area contributed by atoms with E-state index in [0.29, 0.717) is 5.88 Å². The molecule has 0 bridgehead atoms. The number of nitrogens with zero attached hydrogens (tertiary/aromatic N) is 2. The maximum atomic E-state index is 5.85. The number of ether oxygens (including phenoxy) is 1. The minimum Gasteiger partial charge on any atom is -0.438 e. The molecule has 20 heavy (non-hydrogen) atoms. The number of aromatic nitrogens is 2. The van der Waals surface area contributed by atoms with Gasteiger partial charge in [-0.25, -0.2) is 9.97 Å². The summed E-state index contributed by atoms with van der Waals surface area (Å²) in [5, 5.41) is 3.16. The number of fused-ring (bicyclic) bond motifs is 1. The van der Waals surface area contributed by atoms with E-state index in [9.17, 15) is 0 Å². The lowest BCUT2D eigenvalue weighted by Crippen LogP contribution is -1.91. The van der Waals surface area contributed by atoms with Crippen LogP contribution in [0.2, 0.25) is 0 Å². The maximum absolute atomic E-state index is 5.85. The molecule has 0 saturated heterocycles. The predicted molar refractivity (Wildman–Crippen MR) is 85.5 cm³/mol. The van der Waals surface area contributed by atoms with Crippen LogP contribution in [0.15, 0.2) is 58.3 Å². The Morgan fingerprint density at radius 3 is 2.80 bits per heavy atom. The molecule has 0 aliphatic rings. The molecular formula is C15H11BrN2OS. The summed E-state index contributed by atoms with van der Waals surface area (Å²) in [6.07, 6.45) is 3.48. The van der Waals surface area contributed by atoms with E-state index >= 15 is 0 Å². The van der Waals surface area contributed by atoms with Gasteiger partial charge < -0.3 is 4.74 Å². The molecule has 0 aliphatic heterocycles. The summed E-state index contributed by atoms with van der Waals surface area (Å²) < 4.78 is 6.78. The van der Waals surface area contributed by atoms with Gasteiger partial charge in [0.1, 0.15) is 17.1 Å². The summed E-state index contributed by atoms with van der Waals surface area (Å²) in [7, 11) is 0. The molecule has 0 fully saturated rings. The van der Waals surface area contributed by atoms with Crippen molar-refractivity contribution in [1.82, 2.24) is 9.97 Å². The van der Waals surface area contributed by atoms with Crippen LogP contribution in [0.5, 0.6) is 11.6 Å². The molecule has 5 heteroatoms. The first kappa shape index (κ1) is 13.4. The van der Waals surface area contributed by atoms with E-state index < -0.39 is 0 Å². The number of benzene rings is 2. The van der Waals surface area contributed by atoms with Crippen molar-refractivity contribution in [3.8, 4) is 11.6 Å². The highest BCUT2D eigenvalue weighted by atomic mass is 79.9. The van der Waals surface area contributed by atoms with Crippen molar-refractivity contribution in [2.24, 2.45) is 0 Å². The minimum absolute atomic E-state index is 0.542. The van der Waals surface area contributed by atoms with E-state index in [-0.39, 0.29) is 0 Å². The molecule has 0 N–H and O–H groups in total. The Morgan fingerprint density at radius 1 is 1.10 bits per heavy atom. The molecule has 0 spiro atoms. The number of hydrogen-bond donors (Lipinski definition) is 0. The SMILES string of the molecule is CSc1cc(Oc2ccc3ccccc3c2Br)ncn1. The fourth-order valence-corrected chi connectivity index (χ4v) is 2.84. The van der Waals surface area contributed by atoms with E-state index in [1.165, 1.54) is 11.7 Å². The van der Waals surface area contributed by atoms with Crippen LogP contribution in [0.3, 0.4) is 0 Å². The molecular weight excluding hydrogens is 336 g/mol. The van der Waals surface area contributed by atoms with Gasteiger partial charge in [-0.05, 0) is 39.0 Å². The van der Waals surface area contributed by atoms with Gasteiger partial charge in [-0.15, -0.1) is 11.8 Å². The van der Waals surface area contributed by atoms with E-state index in [1.54, 1.807) is 11.8 Å². The van der Waals surface area contributed by atoms with Crippen molar-refractivity contribution < 1.29 is 4.74 Å². The van der Waals surface area contributed by atoms with Gasteiger partial charge in [-0.2, -0.15) is 0 Å². The summed E-state index contributed by atoms with van der Waals surface area (Å²) in [5.74, 6) is 1.29. The van der Waals surface area contributed by atoms with Crippen LogP contribution in [-0.2, 0) is 0 Å². The van der Waals surface area contributed by atoms with Crippen LogP contribution >= 0.6 is 27.7 Å². The second kappa shape index (κ2) is 5.81. The molecule has 1 heterocycles. The topological polar surface area (TPSA) is 35.0 Å². The zero-order valence-electron chi connectivity index (χ0n) is 10.7. The van der Waals surface area contributed by atoms with E-state index in [4.69, 9.17) is 4.74 Å². The Bertz CT molecular complexity index is 764. The first-order valence-electron chi connectivity index (χ1n) is 5.99. The van der Waals surface area contributed by atoms with Gasteiger partial charge in [0.15, 0.2) is 0 Å². The van der Waals surface area contributed by atoms with Crippen molar-refractivity contribution in [3.63, 3.8) is 0 Å². The van der Waals surface area contributed by atoms with Gasteiger partial charge >= 0.3 is 0 Å². The van der Waals surface area contributed by atoms with E-state index in [1.807, 2.05) is 36.6 Å². The van der Waals surface area contributed by atoms with Crippen molar-refractivity contribution in [2.45, 2.75) is 5.03 Å². The second-order valence-electron chi connectivity index (χ2n) is 4.10. The van der Waals surface area contributed by atoms with Crippen LogP contribution in [0.1, 0.15) is 0 Å². The fraction of sp³-hybridized carbons (Fsp3) is 0.0667. The Morgan fingerprint density at radius 2 is 1.95 bits per heavy atom. The third-order valence-corrected chi connectivity index (χ3v) is 4.33. The van der Waals surface area contributed by atoms with Gasteiger partial charge in [0.2, 0.25) is 5.88 Å². The molecule has 100 valence electrons. The Balaban J connectivity index is 2.00. The highest BCUT2D eigenvalue weighted by molar-refractivity contribution is 9.10. The summed E-state index contributed by atoms with van der Waals surface area (Å²) in [4.78, 5) is 8.27. The van der Waals surface area contributed by atoms with Gasteiger partial charge in [0.05, 0.1) is 4.47 Å². The summed E-state index contributed by atoms with van der Waals surface area (Å²) in [5.41, 5.74) is 0. The smallest absolute Gasteiger partial charge is 0.223 e. The second-order valence-corrected chi connectivity index (χ2v) is 5.72. The van der Waals surface area contributed by atoms with Crippen LogP contribution < -0.4 is 4.74 Å². The normalized spacial score (nSPS) is 10.7. The number of rotatable bonds is 3. The zero-order chi connectivity index (χ0) is 13.9.